The number of halogens is 2. The van der Waals surface area contributed by atoms with Gasteiger partial charge in [-0.3, -0.25) is 0 Å². The van der Waals surface area contributed by atoms with E-state index in [9.17, 15) is 4.39 Å². The van der Waals surface area contributed by atoms with Crippen molar-refractivity contribution in [1.82, 2.24) is 9.97 Å². The summed E-state index contributed by atoms with van der Waals surface area (Å²) in [6, 6.07) is 10.3. The van der Waals surface area contributed by atoms with Gasteiger partial charge in [-0.1, -0.05) is 29.8 Å². The van der Waals surface area contributed by atoms with Gasteiger partial charge < -0.3 is 0 Å². The number of hydrogen-bond donors (Lipinski definition) is 0. The van der Waals surface area contributed by atoms with Crippen LogP contribution in [0.1, 0.15) is 11.1 Å². The Morgan fingerprint density at radius 3 is 2.65 bits per heavy atom. The first-order chi connectivity index (χ1) is 9.56. The summed E-state index contributed by atoms with van der Waals surface area (Å²) in [5.74, 6) is 0.220. The Morgan fingerprint density at radius 1 is 1.05 bits per heavy atom. The van der Waals surface area contributed by atoms with E-state index in [4.69, 9.17) is 11.6 Å². The average molecular weight is 287 g/mol. The van der Waals surface area contributed by atoms with Gasteiger partial charge >= 0.3 is 0 Å². The summed E-state index contributed by atoms with van der Waals surface area (Å²) < 4.78 is 13.2. The molecular formula is C16H12ClFN2. The van der Waals surface area contributed by atoms with E-state index in [-0.39, 0.29) is 11.0 Å². The molecule has 2 aromatic carbocycles. The molecule has 1 aromatic heterocycles. The summed E-state index contributed by atoms with van der Waals surface area (Å²) in [4.78, 5) is 8.79. The second kappa shape index (κ2) is 4.84. The lowest BCUT2D eigenvalue weighted by atomic mass is 10.0. The fraction of sp³-hybridized carbons (Fsp3) is 0.125. The van der Waals surface area contributed by atoms with Crippen molar-refractivity contribution in [3.63, 3.8) is 0 Å². The van der Waals surface area contributed by atoms with E-state index in [1.54, 1.807) is 6.07 Å². The van der Waals surface area contributed by atoms with Crippen LogP contribution in [0, 0.1) is 19.7 Å². The van der Waals surface area contributed by atoms with E-state index in [2.05, 4.69) is 9.97 Å². The monoisotopic (exact) mass is 286 g/mol. The largest absolute Gasteiger partial charge is 0.228 e. The molecular weight excluding hydrogens is 275 g/mol. The van der Waals surface area contributed by atoms with Gasteiger partial charge in [-0.15, -0.1) is 0 Å². The molecule has 1 heterocycles. The molecule has 2 nitrogen and oxygen atoms in total. The van der Waals surface area contributed by atoms with Crippen molar-refractivity contribution in [2.75, 3.05) is 0 Å². The van der Waals surface area contributed by atoms with Crippen LogP contribution in [0.3, 0.4) is 0 Å². The topological polar surface area (TPSA) is 25.8 Å². The van der Waals surface area contributed by atoms with Crippen molar-refractivity contribution in [3.8, 4) is 11.4 Å². The zero-order valence-corrected chi connectivity index (χ0v) is 11.9. The molecule has 0 unspecified atom stereocenters. The summed E-state index contributed by atoms with van der Waals surface area (Å²) in [5.41, 5.74) is 3.87. The molecule has 0 aliphatic carbocycles. The molecule has 0 saturated heterocycles. The van der Waals surface area contributed by atoms with E-state index in [1.807, 2.05) is 32.0 Å². The molecule has 0 amide bonds. The number of rotatable bonds is 1. The van der Waals surface area contributed by atoms with Gasteiger partial charge in [-0.2, -0.15) is 0 Å². The van der Waals surface area contributed by atoms with Crippen LogP contribution in [0.15, 0.2) is 36.4 Å². The quantitative estimate of drug-likeness (QED) is 0.606. The van der Waals surface area contributed by atoms with Gasteiger partial charge in [-0.25, -0.2) is 14.4 Å². The van der Waals surface area contributed by atoms with Gasteiger partial charge in [-0.05, 0) is 43.2 Å². The van der Waals surface area contributed by atoms with Gasteiger partial charge in [0.05, 0.1) is 5.52 Å². The minimum absolute atomic E-state index is 0.269. The normalized spacial score (nSPS) is 11.0. The minimum atomic E-state index is -0.345. The molecule has 3 aromatic rings. The van der Waals surface area contributed by atoms with Crippen molar-refractivity contribution >= 4 is 22.5 Å². The second-order valence-corrected chi connectivity index (χ2v) is 5.10. The van der Waals surface area contributed by atoms with Crippen LogP contribution < -0.4 is 0 Å². The molecule has 0 radical (unpaired) electrons. The minimum Gasteiger partial charge on any atom is -0.228 e. The number of benzene rings is 2. The van der Waals surface area contributed by atoms with Crippen molar-refractivity contribution in [1.29, 1.82) is 0 Å². The van der Waals surface area contributed by atoms with Gasteiger partial charge in [0, 0.05) is 10.9 Å². The van der Waals surface area contributed by atoms with Crippen LogP contribution >= 0.6 is 11.6 Å². The van der Waals surface area contributed by atoms with E-state index in [0.29, 0.717) is 16.7 Å². The molecule has 0 aliphatic rings. The van der Waals surface area contributed by atoms with E-state index in [1.165, 1.54) is 17.7 Å². The molecule has 0 spiro atoms. The lowest BCUT2D eigenvalue weighted by Crippen LogP contribution is -1.95. The Balaban J connectivity index is 2.28. The lowest BCUT2D eigenvalue weighted by Gasteiger charge is -2.09. The predicted molar refractivity (Wildman–Crippen MR) is 79.4 cm³/mol. The highest BCUT2D eigenvalue weighted by molar-refractivity contribution is 6.34. The van der Waals surface area contributed by atoms with Crippen molar-refractivity contribution in [3.05, 3.63) is 58.5 Å². The first-order valence-corrected chi connectivity index (χ1v) is 6.63. The Kier molecular flexibility index (Phi) is 3.14. The Hall–Kier alpha value is -2.00. The van der Waals surface area contributed by atoms with E-state index < -0.39 is 0 Å². The summed E-state index contributed by atoms with van der Waals surface area (Å²) in [6.07, 6.45) is 0. The Morgan fingerprint density at radius 2 is 1.85 bits per heavy atom. The number of nitrogens with zero attached hydrogens (tertiary/aromatic N) is 2. The first kappa shape index (κ1) is 13.0. The van der Waals surface area contributed by atoms with Crippen molar-refractivity contribution in [2.45, 2.75) is 13.8 Å². The van der Waals surface area contributed by atoms with Gasteiger partial charge in [0.1, 0.15) is 11.0 Å². The molecule has 3 rings (SSSR count). The maximum absolute atomic E-state index is 13.2. The molecule has 0 aliphatic heterocycles. The zero-order valence-electron chi connectivity index (χ0n) is 11.1. The maximum Gasteiger partial charge on any atom is 0.161 e. The summed E-state index contributed by atoms with van der Waals surface area (Å²) in [6.45, 7) is 4.06. The van der Waals surface area contributed by atoms with Crippen LogP contribution in [-0.2, 0) is 0 Å². The van der Waals surface area contributed by atoms with E-state index in [0.717, 1.165) is 11.1 Å². The molecule has 0 bridgehead atoms. The predicted octanol–water partition coefficient (Wildman–Crippen LogP) is 4.71. The fourth-order valence-electron chi connectivity index (χ4n) is 2.18. The molecule has 0 N–H and O–H groups in total. The molecule has 20 heavy (non-hydrogen) atoms. The average Bonchev–Trinajstić information content (AvgIpc) is 2.42. The molecule has 0 atom stereocenters. The Bertz CT molecular complexity index is 815. The second-order valence-electron chi connectivity index (χ2n) is 4.75. The lowest BCUT2D eigenvalue weighted by molar-refractivity contribution is 0.629. The molecule has 0 fully saturated rings. The van der Waals surface area contributed by atoms with Crippen LogP contribution in [0.5, 0.6) is 0 Å². The van der Waals surface area contributed by atoms with Gasteiger partial charge in [0.2, 0.25) is 0 Å². The SMILES string of the molecule is Cc1cccc(-c2nc(Cl)c3cc(F)ccc3n2)c1C. The van der Waals surface area contributed by atoms with E-state index >= 15 is 0 Å². The molecule has 0 saturated carbocycles. The number of hydrogen-bond acceptors (Lipinski definition) is 2. The van der Waals surface area contributed by atoms with Crippen molar-refractivity contribution in [2.24, 2.45) is 0 Å². The van der Waals surface area contributed by atoms with Crippen LogP contribution in [0.2, 0.25) is 5.15 Å². The summed E-state index contributed by atoms with van der Waals surface area (Å²) >= 11 is 6.16. The molecule has 100 valence electrons. The van der Waals surface area contributed by atoms with Crippen LogP contribution in [0.4, 0.5) is 4.39 Å². The van der Waals surface area contributed by atoms with Gasteiger partial charge in [0.15, 0.2) is 5.82 Å². The first-order valence-electron chi connectivity index (χ1n) is 6.25. The third-order valence-corrected chi connectivity index (χ3v) is 3.74. The highest BCUT2D eigenvalue weighted by Crippen LogP contribution is 2.28. The smallest absolute Gasteiger partial charge is 0.161 e. The molecule has 4 heteroatoms. The summed E-state index contributed by atoms with van der Waals surface area (Å²) in [7, 11) is 0. The third-order valence-electron chi connectivity index (χ3n) is 3.46. The number of aromatic nitrogens is 2. The maximum atomic E-state index is 13.2. The van der Waals surface area contributed by atoms with Gasteiger partial charge in [0.25, 0.3) is 0 Å². The Labute approximate surface area is 121 Å². The van der Waals surface area contributed by atoms with Crippen LogP contribution in [0.25, 0.3) is 22.3 Å². The van der Waals surface area contributed by atoms with Crippen molar-refractivity contribution < 1.29 is 4.39 Å². The zero-order chi connectivity index (χ0) is 14.3. The fourth-order valence-corrected chi connectivity index (χ4v) is 2.41. The van der Waals surface area contributed by atoms with Crippen LogP contribution in [-0.4, -0.2) is 9.97 Å². The standard InChI is InChI=1S/C16H12ClFN2/c1-9-4-3-5-12(10(9)2)16-19-14-7-6-11(18)8-13(14)15(17)20-16/h3-8H,1-2H3. The highest BCUT2D eigenvalue weighted by Gasteiger charge is 2.11. The summed E-state index contributed by atoms with van der Waals surface area (Å²) in [5, 5.41) is 0.797. The third kappa shape index (κ3) is 2.14. The highest BCUT2D eigenvalue weighted by atomic mass is 35.5. The number of fused-ring (bicyclic) bond motifs is 1. The number of aryl methyl sites for hydroxylation is 1.